The molecule has 0 saturated carbocycles. The van der Waals surface area contributed by atoms with E-state index in [0.717, 1.165) is 29.3 Å². The number of hydrogen-bond acceptors (Lipinski definition) is 7. The topological polar surface area (TPSA) is 75.6 Å². The summed E-state index contributed by atoms with van der Waals surface area (Å²) in [6, 6.07) is 6.57. The number of ether oxygens (including phenoxy) is 1. The summed E-state index contributed by atoms with van der Waals surface area (Å²) < 4.78 is 32.8. The van der Waals surface area contributed by atoms with Crippen molar-refractivity contribution in [1.82, 2.24) is 14.3 Å². The Bertz CT molecular complexity index is 1200. The average molecular weight is 445 g/mol. The fourth-order valence-electron chi connectivity index (χ4n) is 4.35. The number of aromatic nitrogens is 2. The molecule has 3 aromatic rings. The first-order chi connectivity index (χ1) is 14.5. The number of anilines is 1. The first kappa shape index (κ1) is 19.7. The summed E-state index contributed by atoms with van der Waals surface area (Å²) in [5, 5.41) is 1.18. The molecule has 1 aliphatic heterocycles. The smallest absolute Gasteiger partial charge is 0.243 e. The minimum absolute atomic E-state index is 0.299. The van der Waals surface area contributed by atoms with Gasteiger partial charge in [0.2, 0.25) is 10.0 Å². The van der Waals surface area contributed by atoms with Crippen LogP contribution in [0.1, 0.15) is 22.7 Å². The molecule has 1 fully saturated rings. The van der Waals surface area contributed by atoms with Crippen molar-refractivity contribution in [3.63, 3.8) is 0 Å². The molecule has 0 spiro atoms. The van der Waals surface area contributed by atoms with E-state index in [-0.39, 0.29) is 0 Å². The molecule has 5 rings (SSSR count). The third-order valence-electron chi connectivity index (χ3n) is 5.89. The SMILES string of the molecule is COc1ccc(S(=O)(=O)N2CCN(c3nc(C)nc4sc5c(c34)CCC5)CC2)cc1. The molecule has 0 unspecified atom stereocenters. The van der Waals surface area contributed by atoms with Crippen LogP contribution in [0.15, 0.2) is 29.2 Å². The van der Waals surface area contributed by atoms with Crippen LogP contribution in [-0.2, 0) is 22.9 Å². The largest absolute Gasteiger partial charge is 0.497 e. The average Bonchev–Trinajstić information content (AvgIpc) is 3.34. The lowest BCUT2D eigenvalue weighted by atomic mass is 10.1. The summed E-state index contributed by atoms with van der Waals surface area (Å²) in [5.74, 6) is 2.38. The van der Waals surface area contributed by atoms with E-state index in [1.54, 1.807) is 47.0 Å². The Kier molecular flexibility index (Phi) is 4.91. The highest BCUT2D eigenvalue weighted by Gasteiger charge is 2.31. The number of rotatable bonds is 4. The van der Waals surface area contributed by atoms with Crippen LogP contribution in [-0.4, -0.2) is 56.0 Å². The molecule has 0 amide bonds. The molecule has 158 valence electrons. The van der Waals surface area contributed by atoms with Gasteiger partial charge in [-0.3, -0.25) is 0 Å². The van der Waals surface area contributed by atoms with Gasteiger partial charge in [0, 0.05) is 31.1 Å². The Morgan fingerprint density at radius 2 is 1.77 bits per heavy atom. The Morgan fingerprint density at radius 3 is 2.47 bits per heavy atom. The van der Waals surface area contributed by atoms with Crippen molar-refractivity contribution in [1.29, 1.82) is 0 Å². The standard InChI is InChI=1S/C21H24N4O3S2/c1-14-22-20(19-17-4-3-5-18(17)29-21(19)23-14)24-10-12-25(13-11-24)30(26,27)16-8-6-15(28-2)7-9-16/h6-9H,3-5,10-13H2,1-2H3. The van der Waals surface area contributed by atoms with E-state index in [4.69, 9.17) is 9.72 Å². The molecule has 3 heterocycles. The number of hydrogen-bond donors (Lipinski definition) is 0. The van der Waals surface area contributed by atoms with Crippen molar-refractivity contribution < 1.29 is 13.2 Å². The van der Waals surface area contributed by atoms with Crippen molar-refractivity contribution in [3.05, 3.63) is 40.5 Å². The van der Waals surface area contributed by atoms with Crippen LogP contribution >= 0.6 is 11.3 Å². The molecule has 30 heavy (non-hydrogen) atoms. The zero-order valence-corrected chi connectivity index (χ0v) is 18.7. The molecule has 2 aliphatic rings. The van der Waals surface area contributed by atoms with E-state index in [1.165, 1.54) is 22.2 Å². The Hall–Kier alpha value is -2.23. The van der Waals surface area contributed by atoms with Crippen LogP contribution in [0.25, 0.3) is 10.2 Å². The fraction of sp³-hybridized carbons (Fsp3) is 0.429. The zero-order valence-electron chi connectivity index (χ0n) is 17.1. The second kappa shape index (κ2) is 7.47. The van der Waals surface area contributed by atoms with Crippen LogP contribution in [0.2, 0.25) is 0 Å². The minimum atomic E-state index is -3.52. The van der Waals surface area contributed by atoms with E-state index in [2.05, 4.69) is 9.88 Å². The molecular weight excluding hydrogens is 420 g/mol. The van der Waals surface area contributed by atoms with Crippen LogP contribution < -0.4 is 9.64 Å². The van der Waals surface area contributed by atoms with Crippen LogP contribution in [0.5, 0.6) is 5.75 Å². The van der Waals surface area contributed by atoms with Gasteiger partial charge in [0.25, 0.3) is 0 Å². The molecule has 1 aliphatic carbocycles. The Labute approximate surface area is 180 Å². The molecule has 7 nitrogen and oxygen atoms in total. The number of methoxy groups -OCH3 is 1. The third-order valence-corrected chi connectivity index (χ3v) is 8.99. The third kappa shape index (κ3) is 3.25. The highest BCUT2D eigenvalue weighted by molar-refractivity contribution is 7.89. The summed E-state index contributed by atoms with van der Waals surface area (Å²) in [6.45, 7) is 4.03. The van der Waals surface area contributed by atoms with Crippen LogP contribution in [0.4, 0.5) is 5.82 Å². The number of nitrogens with zero attached hydrogens (tertiary/aromatic N) is 4. The lowest BCUT2D eigenvalue weighted by Crippen LogP contribution is -2.49. The quantitative estimate of drug-likeness (QED) is 0.616. The first-order valence-corrected chi connectivity index (χ1v) is 12.4. The number of piperazine rings is 1. The van der Waals surface area contributed by atoms with Gasteiger partial charge < -0.3 is 9.64 Å². The predicted octanol–water partition coefficient (Wildman–Crippen LogP) is 3.01. The second-order valence-electron chi connectivity index (χ2n) is 7.70. The summed E-state index contributed by atoms with van der Waals surface area (Å²) in [5.41, 5.74) is 1.40. The van der Waals surface area contributed by atoms with Gasteiger partial charge in [0.1, 0.15) is 22.2 Å². The maximum atomic E-state index is 13.1. The number of aryl methyl sites for hydroxylation is 3. The number of benzene rings is 1. The molecule has 2 aromatic heterocycles. The summed E-state index contributed by atoms with van der Waals surface area (Å²) in [6.07, 6.45) is 3.40. The van der Waals surface area contributed by atoms with E-state index in [9.17, 15) is 8.42 Å². The van der Waals surface area contributed by atoms with Crippen molar-refractivity contribution in [2.75, 3.05) is 38.2 Å². The molecule has 0 bridgehead atoms. The molecule has 1 saturated heterocycles. The van der Waals surface area contributed by atoms with E-state index >= 15 is 0 Å². The zero-order chi connectivity index (χ0) is 20.9. The molecule has 0 radical (unpaired) electrons. The monoisotopic (exact) mass is 444 g/mol. The second-order valence-corrected chi connectivity index (χ2v) is 10.7. The molecule has 1 aromatic carbocycles. The lowest BCUT2D eigenvalue weighted by Gasteiger charge is -2.35. The van der Waals surface area contributed by atoms with Crippen molar-refractivity contribution in [2.24, 2.45) is 0 Å². The van der Waals surface area contributed by atoms with Gasteiger partial charge in [0.15, 0.2) is 0 Å². The van der Waals surface area contributed by atoms with Gasteiger partial charge in [-0.2, -0.15) is 4.31 Å². The van der Waals surface area contributed by atoms with Crippen molar-refractivity contribution in [2.45, 2.75) is 31.1 Å². The van der Waals surface area contributed by atoms with E-state index in [1.807, 2.05) is 6.92 Å². The predicted molar refractivity (Wildman–Crippen MR) is 118 cm³/mol. The highest BCUT2D eigenvalue weighted by atomic mass is 32.2. The Morgan fingerprint density at radius 1 is 1.03 bits per heavy atom. The highest BCUT2D eigenvalue weighted by Crippen LogP contribution is 2.40. The van der Waals surface area contributed by atoms with Crippen LogP contribution in [0.3, 0.4) is 0 Å². The maximum Gasteiger partial charge on any atom is 0.243 e. The number of sulfonamides is 1. The maximum absolute atomic E-state index is 13.1. The van der Waals surface area contributed by atoms with Gasteiger partial charge in [-0.05, 0) is 56.0 Å². The first-order valence-electron chi connectivity index (χ1n) is 10.2. The van der Waals surface area contributed by atoms with E-state index in [0.29, 0.717) is 36.8 Å². The minimum Gasteiger partial charge on any atom is -0.497 e. The summed E-state index contributed by atoms with van der Waals surface area (Å²) in [7, 11) is -1.95. The molecule has 0 atom stereocenters. The normalized spacial score (nSPS) is 17.5. The number of fused-ring (bicyclic) bond motifs is 3. The molecule has 9 heteroatoms. The molecule has 0 N–H and O–H groups in total. The van der Waals surface area contributed by atoms with Gasteiger partial charge in [0.05, 0.1) is 17.4 Å². The van der Waals surface area contributed by atoms with E-state index < -0.39 is 10.0 Å². The van der Waals surface area contributed by atoms with Gasteiger partial charge in [-0.25, -0.2) is 18.4 Å². The van der Waals surface area contributed by atoms with Gasteiger partial charge in [-0.15, -0.1) is 11.3 Å². The van der Waals surface area contributed by atoms with Gasteiger partial charge in [-0.1, -0.05) is 0 Å². The summed E-state index contributed by atoms with van der Waals surface area (Å²) in [4.78, 5) is 14.5. The summed E-state index contributed by atoms with van der Waals surface area (Å²) >= 11 is 1.79. The van der Waals surface area contributed by atoms with Crippen molar-refractivity contribution in [3.8, 4) is 5.75 Å². The molecular formula is C21H24N4O3S2. The Balaban J connectivity index is 1.40. The van der Waals surface area contributed by atoms with Gasteiger partial charge >= 0.3 is 0 Å². The van der Waals surface area contributed by atoms with Crippen molar-refractivity contribution >= 4 is 37.4 Å². The number of thiophene rings is 1. The fourth-order valence-corrected chi connectivity index (χ4v) is 7.07. The lowest BCUT2D eigenvalue weighted by molar-refractivity contribution is 0.384. The van der Waals surface area contributed by atoms with Crippen LogP contribution in [0, 0.1) is 6.92 Å².